The van der Waals surface area contributed by atoms with Crippen molar-refractivity contribution in [2.24, 2.45) is 11.0 Å². The number of hydrazone groups is 1. The Morgan fingerprint density at radius 2 is 1.64 bits per heavy atom. The van der Waals surface area contributed by atoms with Crippen LogP contribution >= 0.6 is 0 Å². The maximum Gasteiger partial charge on any atom is 0.260 e. The summed E-state index contributed by atoms with van der Waals surface area (Å²) in [5.74, 6) is -1.75. The molecule has 2 heterocycles. The SMILES string of the molecule is COc1ccccc1N1C(=O)[C@@H]2C(C(C)=O)=NN(c3ccccc3C)[C@H]2C1=O. The van der Waals surface area contributed by atoms with Crippen LogP contribution in [-0.2, 0) is 14.4 Å². The third-order valence-electron chi connectivity index (χ3n) is 5.10. The Balaban J connectivity index is 1.85. The number of anilines is 2. The number of ketones is 1. The van der Waals surface area contributed by atoms with Gasteiger partial charge in [-0.15, -0.1) is 0 Å². The minimum Gasteiger partial charge on any atom is -0.495 e. The standard InChI is InChI=1S/C21H19N3O4/c1-12-8-4-5-9-14(12)24-19-17(18(22-24)13(2)25)20(26)23(21(19)27)15-10-6-7-11-16(15)28-3/h4-11,17,19H,1-3H3/t17-,19-/m1/s1. The van der Waals surface area contributed by atoms with Crippen LogP contribution in [0.2, 0.25) is 0 Å². The van der Waals surface area contributed by atoms with Crippen molar-refractivity contribution in [1.29, 1.82) is 0 Å². The van der Waals surface area contributed by atoms with Crippen LogP contribution < -0.4 is 14.6 Å². The van der Waals surface area contributed by atoms with E-state index < -0.39 is 23.8 Å². The Morgan fingerprint density at radius 3 is 2.29 bits per heavy atom. The van der Waals surface area contributed by atoms with E-state index >= 15 is 0 Å². The van der Waals surface area contributed by atoms with E-state index in [1.165, 1.54) is 19.0 Å². The van der Waals surface area contributed by atoms with Gasteiger partial charge in [0.2, 0.25) is 5.91 Å². The highest BCUT2D eigenvalue weighted by atomic mass is 16.5. The molecule has 0 radical (unpaired) electrons. The number of hydrogen-bond acceptors (Lipinski definition) is 6. The van der Waals surface area contributed by atoms with E-state index in [1.54, 1.807) is 24.3 Å². The third kappa shape index (κ3) is 2.51. The fourth-order valence-corrected chi connectivity index (χ4v) is 3.78. The lowest BCUT2D eigenvalue weighted by atomic mass is 9.95. The molecule has 4 rings (SSSR count). The minimum atomic E-state index is -0.936. The van der Waals surface area contributed by atoms with Crippen molar-refractivity contribution in [1.82, 2.24) is 0 Å². The molecule has 2 aromatic rings. The maximum atomic E-state index is 13.4. The van der Waals surface area contributed by atoms with Crippen molar-refractivity contribution in [3.8, 4) is 5.75 Å². The van der Waals surface area contributed by atoms with E-state index in [0.29, 0.717) is 17.1 Å². The first-order valence-corrected chi connectivity index (χ1v) is 8.91. The molecule has 1 saturated heterocycles. The Kier molecular flexibility index (Phi) is 4.22. The molecule has 0 unspecified atom stereocenters. The van der Waals surface area contributed by atoms with Crippen LogP contribution in [0.25, 0.3) is 0 Å². The maximum absolute atomic E-state index is 13.4. The normalized spacial score (nSPS) is 21.0. The van der Waals surface area contributed by atoms with Gasteiger partial charge in [-0.05, 0) is 30.7 Å². The highest BCUT2D eigenvalue weighted by Gasteiger charge is 2.58. The van der Waals surface area contributed by atoms with Gasteiger partial charge in [-0.1, -0.05) is 30.3 Å². The van der Waals surface area contributed by atoms with Gasteiger partial charge in [0.05, 0.1) is 18.5 Å². The fraction of sp³-hybridized carbons (Fsp3) is 0.238. The van der Waals surface area contributed by atoms with Gasteiger partial charge in [-0.3, -0.25) is 19.4 Å². The summed E-state index contributed by atoms with van der Waals surface area (Å²) in [5, 5.41) is 5.88. The monoisotopic (exact) mass is 377 g/mol. The van der Waals surface area contributed by atoms with Crippen molar-refractivity contribution in [3.05, 3.63) is 54.1 Å². The molecule has 0 N–H and O–H groups in total. The third-order valence-corrected chi connectivity index (χ3v) is 5.10. The molecule has 7 heteroatoms. The average molecular weight is 377 g/mol. The molecule has 2 aromatic carbocycles. The van der Waals surface area contributed by atoms with Crippen LogP contribution in [0.1, 0.15) is 12.5 Å². The van der Waals surface area contributed by atoms with E-state index in [4.69, 9.17) is 4.74 Å². The van der Waals surface area contributed by atoms with Crippen molar-refractivity contribution >= 4 is 34.7 Å². The molecule has 2 aliphatic heterocycles. The summed E-state index contributed by atoms with van der Waals surface area (Å²) in [5.41, 5.74) is 2.05. The Morgan fingerprint density at radius 1 is 1.00 bits per heavy atom. The lowest BCUT2D eigenvalue weighted by Gasteiger charge is -2.24. The average Bonchev–Trinajstić information content (AvgIpc) is 3.19. The summed E-state index contributed by atoms with van der Waals surface area (Å²) in [6.07, 6.45) is 0. The number of nitrogens with zero attached hydrogens (tertiary/aromatic N) is 3. The zero-order valence-electron chi connectivity index (χ0n) is 15.7. The number of carbonyl (C=O) groups excluding carboxylic acids is 3. The molecule has 0 bridgehead atoms. The molecule has 7 nitrogen and oxygen atoms in total. The number of methoxy groups -OCH3 is 1. The largest absolute Gasteiger partial charge is 0.495 e. The highest BCUT2D eigenvalue weighted by Crippen LogP contribution is 2.41. The molecule has 142 valence electrons. The van der Waals surface area contributed by atoms with Crippen LogP contribution in [0.15, 0.2) is 53.6 Å². The number of benzene rings is 2. The molecule has 28 heavy (non-hydrogen) atoms. The van der Waals surface area contributed by atoms with Gasteiger partial charge >= 0.3 is 0 Å². The predicted octanol–water partition coefficient (Wildman–Crippen LogP) is 2.33. The number of aryl methyl sites for hydroxylation is 1. The number of Topliss-reactive ketones (excluding diaryl/α,β-unsaturated/α-hetero) is 1. The van der Waals surface area contributed by atoms with E-state index in [-0.39, 0.29) is 11.5 Å². The quantitative estimate of drug-likeness (QED) is 0.764. The van der Waals surface area contributed by atoms with Crippen LogP contribution in [0.4, 0.5) is 11.4 Å². The predicted molar refractivity (Wildman–Crippen MR) is 105 cm³/mol. The molecule has 0 aliphatic carbocycles. The number of imide groups is 1. The zero-order chi connectivity index (χ0) is 20.0. The van der Waals surface area contributed by atoms with Gasteiger partial charge in [0, 0.05) is 6.92 Å². The molecule has 0 spiro atoms. The number of hydrogen-bond donors (Lipinski definition) is 0. The van der Waals surface area contributed by atoms with E-state index in [2.05, 4.69) is 5.10 Å². The van der Waals surface area contributed by atoms with Crippen molar-refractivity contribution < 1.29 is 19.1 Å². The van der Waals surface area contributed by atoms with Gasteiger partial charge in [-0.2, -0.15) is 5.10 Å². The number of fused-ring (bicyclic) bond motifs is 1. The van der Waals surface area contributed by atoms with Crippen molar-refractivity contribution in [2.45, 2.75) is 19.9 Å². The first-order chi connectivity index (χ1) is 13.5. The van der Waals surface area contributed by atoms with E-state index in [9.17, 15) is 14.4 Å². The summed E-state index contributed by atoms with van der Waals surface area (Å²) in [7, 11) is 1.48. The minimum absolute atomic E-state index is 0.101. The smallest absolute Gasteiger partial charge is 0.260 e. The Labute approximate surface area is 162 Å². The van der Waals surface area contributed by atoms with Crippen molar-refractivity contribution in [2.75, 3.05) is 17.0 Å². The summed E-state index contributed by atoms with van der Waals surface area (Å²) in [6.45, 7) is 3.26. The number of amides is 2. The lowest BCUT2D eigenvalue weighted by Crippen LogP contribution is -2.39. The van der Waals surface area contributed by atoms with Gasteiger partial charge in [0.1, 0.15) is 23.4 Å². The highest BCUT2D eigenvalue weighted by molar-refractivity contribution is 6.49. The number of ether oxygens (including phenoxy) is 1. The second kappa shape index (κ2) is 6.60. The molecule has 0 aromatic heterocycles. The van der Waals surface area contributed by atoms with E-state index in [1.807, 2.05) is 31.2 Å². The molecule has 2 atom stereocenters. The molecule has 0 saturated carbocycles. The molecule has 1 fully saturated rings. The van der Waals surface area contributed by atoms with Crippen molar-refractivity contribution in [3.63, 3.8) is 0 Å². The topological polar surface area (TPSA) is 79.3 Å². The summed E-state index contributed by atoms with van der Waals surface area (Å²) in [4.78, 5) is 39.9. The second-order valence-electron chi connectivity index (χ2n) is 6.78. The molecular formula is C21H19N3O4. The van der Waals surface area contributed by atoms with Gasteiger partial charge in [-0.25, -0.2) is 4.90 Å². The number of carbonyl (C=O) groups is 3. The molecular weight excluding hydrogens is 358 g/mol. The van der Waals surface area contributed by atoms with Crippen LogP contribution in [-0.4, -0.2) is 36.5 Å². The number of rotatable bonds is 4. The zero-order valence-corrected chi connectivity index (χ0v) is 15.7. The summed E-state index contributed by atoms with van der Waals surface area (Å²) >= 11 is 0. The molecule has 2 amide bonds. The first kappa shape index (κ1) is 17.9. The summed E-state index contributed by atoms with van der Waals surface area (Å²) in [6, 6.07) is 13.4. The van der Waals surface area contributed by atoms with Crippen LogP contribution in [0.5, 0.6) is 5.75 Å². The first-order valence-electron chi connectivity index (χ1n) is 8.91. The fourth-order valence-electron chi connectivity index (χ4n) is 3.78. The van der Waals surface area contributed by atoms with Gasteiger partial charge < -0.3 is 4.74 Å². The van der Waals surface area contributed by atoms with Gasteiger partial charge in [0.15, 0.2) is 5.78 Å². The Bertz CT molecular complexity index is 1030. The van der Waals surface area contributed by atoms with Crippen LogP contribution in [0, 0.1) is 12.8 Å². The molecule has 2 aliphatic rings. The Hall–Kier alpha value is -3.48. The van der Waals surface area contributed by atoms with Gasteiger partial charge in [0.25, 0.3) is 5.91 Å². The van der Waals surface area contributed by atoms with Crippen LogP contribution in [0.3, 0.4) is 0 Å². The lowest BCUT2D eigenvalue weighted by molar-refractivity contribution is -0.122. The van der Waals surface area contributed by atoms with E-state index in [0.717, 1.165) is 10.5 Å². The number of para-hydroxylation sites is 3. The second-order valence-corrected chi connectivity index (χ2v) is 6.78. The summed E-state index contributed by atoms with van der Waals surface area (Å²) < 4.78 is 5.32.